The summed E-state index contributed by atoms with van der Waals surface area (Å²) < 4.78 is 0. The summed E-state index contributed by atoms with van der Waals surface area (Å²) in [5, 5.41) is 13.5. The fraction of sp³-hybridized carbons (Fsp3) is 0.0476. The Labute approximate surface area is 252 Å². The van der Waals surface area contributed by atoms with E-state index < -0.39 is 8.07 Å². The molecule has 9 rings (SSSR count). The molecule has 0 fully saturated rings. The van der Waals surface area contributed by atoms with E-state index in [1.54, 1.807) is 10.4 Å². The van der Waals surface area contributed by atoms with Gasteiger partial charge < -0.3 is 0 Å². The second-order valence-electron chi connectivity index (χ2n) is 12.5. The van der Waals surface area contributed by atoms with E-state index in [0.717, 1.165) is 0 Å². The van der Waals surface area contributed by atoms with E-state index in [4.69, 9.17) is 0 Å². The molecule has 0 aliphatic carbocycles. The first-order valence-corrected chi connectivity index (χ1v) is 18.2. The van der Waals surface area contributed by atoms with Crippen LogP contribution >= 0.6 is 0 Å². The van der Waals surface area contributed by atoms with Gasteiger partial charge in [-0.15, -0.1) is 0 Å². The summed E-state index contributed by atoms with van der Waals surface area (Å²) in [6.07, 6.45) is 0. The summed E-state index contributed by atoms with van der Waals surface area (Å²) in [6.45, 7) is 5.04. The van der Waals surface area contributed by atoms with E-state index in [1.807, 2.05) is 0 Å². The molecule has 0 atom stereocenters. The van der Waals surface area contributed by atoms with Crippen LogP contribution in [0, 0.1) is 0 Å². The van der Waals surface area contributed by atoms with E-state index in [9.17, 15) is 0 Å². The van der Waals surface area contributed by atoms with E-state index in [1.165, 1.54) is 76.5 Å². The van der Waals surface area contributed by atoms with Crippen LogP contribution in [0.5, 0.6) is 0 Å². The van der Waals surface area contributed by atoms with Crippen molar-refractivity contribution >= 4 is 61.5 Å². The van der Waals surface area contributed by atoms with Gasteiger partial charge in [-0.2, -0.15) is 0 Å². The largest absolute Gasteiger partial charge is 0.113 e. The quantitative estimate of drug-likeness (QED) is 0.145. The predicted molar refractivity (Wildman–Crippen MR) is 190 cm³/mol. The minimum atomic E-state index is -1.87. The number of benzene rings is 8. The Morgan fingerprint density at radius 2 is 0.837 bits per heavy atom. The third-order valence-electron chi connectivity index (χ3n) is 9.80. The van der Waals surface area contributed by atoms with Crippen molar-refractivity contribution in [1.82, 2.24) is 0 Å². The lowest BCUT2D eigenvalue weighted by Gasteiger charge is -2.22. The Bertz CT molecular complexity index is 2430. The van der Waals surface area contributed by atoms with Crippen LogP contribution in [0.3, 0.4) is 0 Å². The fourth-order valence-electron chi connectivity index (χ4n) is 7.68. The summed E-state index contributed by atoms with van der Waals surface area (Å²) in [5.74, 6) is 0. The Balaban J connectivity index is 1.47. The highest BCUT2D eigenvalue weighted by molar-refractivity contribution is 7.04. The molecule has 1 heteroatoms. The molecule has 0 saturated heterocycles. The van der Waals surface area contributed by atoms with Gasteiger partial charge in [-0.3, -0.25) is 0 Å². The van der Waals surface area contributed by atoms with Crippen LogP contribution in [0.2, 0.25) is 13.1 Å². The van der Waals surface area contributed by atoms with Gasteiger partial charge in [0.15, 0.2) is 0 Å². The number of rotatable bonds is 2. The van der Waals surface area contributed by atoms with Gasteiger partial charge in [0, 0.05) is 0 Å². The average molecular weight is 563 g/mol. The summed E-state index contributed by atoms with van der Waals surface area (Å²) in [4.78, 5) is 0. The third-order valence-corrected chi connectivity index (χ3v) is 13.3. The third kappa shape index (κ3) is 3.55. The summed E-state index contributed by atoms with van der Waals surface area (Å²) in [7, 11) is -1.87. The molecule has 0 N–H and O–H groups in total. The Kier molecular flexibility index (Phi) is 5.15. The lowest BCUT2D eigenvalue weighted by Crippen LogP contribution is -2.49. The lowest BCUT2D eigenvalue weighted by molar-refractivity contribution is 1.68. The fourth-order valence-corrected chi connectivity index (χ4v) is 10.8. The maximum absolute atomic E-state index is 2.58. The summed E-state index contributed by atoms with van der Waals surface area (Å²) in [6, 6.07) is 54.7. The SMILES string of the molecule is C[Si]1(C)c2ccccc2-c2cc3c(-c4ccc5ccccc5c4)c4ccccc4c(-c4ccc5ccccc5c4)c3cc21. The number of fused-ring (bicyclic) bond motifs is 7. The molecule has 0 spiro atoms. The zero-order valence-corrected chi connectivity index (χ0v) is 25.4. The first kappa shape index (κ1) is 24.6. The molecular formula is C42H30Si. The second-order valence-corrected chi connectivity index (χ2v) is 16.9. The van der Waals surface area contributed by atoms with Crippen LogP contribution in [-0.2, 0) is 0 Å². The van der Waals surface area contributed by atoms with Crippen molar-refractivity contribution in [2.45, 2.75) is 13.1 Å². The molecular weight excluding hydrogens is 533 g/mol. The first-order valence-electron chi connectivity index (χ1n) is 15.2. The highest BCUT2D eigenvalue weighted by atomic mass is 28.3. The van der Waals surface area contributed by atoms with Gasteiger partial charge >= 0.3 is 0 Å². The number of hydrogen-bond acceptors (Lipinski definition) is 0. The normalized spacial score (nSPS) is 13.5. The smallest absolute Gasteiger partial charge is 0.0623 e. The highest BCUT2D eigenvalue weighted by Gasteiger charge is 2.38. The molecule has 8 aromatic carbocycles. The Morgan fingerprint density at radius 3 is 1.44 bits per heavy atom. The van der Waals surface area contributed by atoms with Crippen LogP contribution in [0.1, 0.15) is 0 Å². The van der Waals surface area contributed by atoms with Crippen LogP contribution in [-0.4, -0.2) is 8.07 Å². The molecule has 1 heterocycles. The molecule has 0 radical (unpaired) electrons. The standard InChI is InChI=1S/C42H30Si/c1-43(2)39-18-10-9-15-33(39)36-25-37-38(26-40(36)43)42(32-22-20-28-12-4-6-14-30(28)24-32)35-17-8-7-16-34(35)41(37)31-21-19-27-11-3-5-13-29(27)23-31/h3-26H,1-2H3. The molecule has 0 nitrogen and oxygen atoms in total. The predicted octanol–water partition coefficient (Wildman–Crippen LogP) is 10.4. The van der Waals surface area contributed by atoms with Crippen LogP contribution < -0.4 is 10.4 Å². The first-order chi connectivity index (χ1) is 21.1. The van der Waals surface area contributed by atoms with Crippen LogP contribution in [0.4, 0.5) is 0 Å². The topological polar surface area (TPSA) is 0 Å². The van der Waals surface area contributed by atoms with E-state index >= 15 is 0 Å². The molecule has 0 aromatic heterocycles. The minimum absolute atomic E-state index is 1.27. The van der Waals surface area contributed by atoms with Gasteiger partial charge in [-0.25, -0.2) is 0 Å². The molecule has 43 heavy (non-hydrogen) atoms. The van der Waals surface area contributed by atoms with Gasteiger partial charge in [0.2, 0.25) is 0 Å². The maximum atomic E-state index is 2.58. The van der Waals surface area contributed by atoms with E-state index in [-0.39, 0.29) is 0 Å². The Morgan fingerprint density at radius 1 is 0.349 bits per heavy atom. The van der Waals surface area contributed by atoms with Crippen molar-refractivity contribution in [1.29, 1.82) is 0 Å². The monoisotopic (exact) mass is 562 g/mol. The number of hydrogen-bond donors (Lipinski definition) is 0. The van der Waals surface area contributed by atoms with Crippen molar-refractivity contribution in [3.63, 3.8) is 0 Å². The van der Waals surface area contributed by atoms with Gasteiger partial charge in [0.05, 0.1) is 0 Å². The van der Waals surface area contributed by atoms with Crippen molar-refractivity contribution < 1.29 is 0 Å². The van der Waals surface area contributed by atoms with Gasteiger partial charge in [0.1, 0.15) is 8.07 Å². The molecule has 0 amide bonds. The summed E-state index contributed by atoms with van der Waals surface area (Å²) in [5.41, 5.74) is 8.05. The van der Waals surface area contributed by atoms with Gasteiger partial charge in [-0.05, 0) is 105 Å². The molecule has 0 saturated carbocycles. The lowest BCUT2D eigenvalue weighted by atomic mass is 9.84. The maximum Gasteiger partial charge on any atom is 0.113 e. The molecule has 0 bridgehead atoms. The second kappa shape index (κ2) is 9.01. The summed E-state index contributed by atoms with van der Waals surface area (Å²) >= 11 is 0. The zero-order valence-electron chi connectivity index (χ0n) is 24.4. The molecule has 8 aromatic rings. The van der Waals surface area contributed by atoms with Crippen molar-refractivity contribution in [2.75, 3.05) is 0 Å². The highest BCUT2D eigenvalue weighted by Crippen LogP contribution is 2.46. The van der Waals surface area contributed by atoms with E-state index in [2.05, 4.69) is 159 Å². The van der Waals surface area contributed by atoms with Crippen LogP contribution in [0.15, 0.2) is 146 Å². The van der Waals surface area contributed by atoms with Gasteiger partial charge in [-0.1, -0.05) is 140 Å². The van der Waals surface area contributed by atoms with E-state index in [0.29, 0.717) is 0 Å². The molecule has 1 aliphatic heterocycles. The minimum Gasteiger partial charge on any atom is -0.0623 e. The van der Waals surface area contributed by atoms with Crippen molar-refractivity contribution in [2.24, 2.45) is 0 Å². The molecule has 0 unspecified atom stereocenters. The van der Waals surface area contributed by atoms with Gasteiger partial charge in [0.25, 0.3) is 0 Å². The van der Waals surface area contributed by atoms with Crippen LogP contribution in [0.25, 0.3) is 76.5 Å². The average Bonchev–Trinajstić information content (AvgIpc) is 3.27. The van der Waals surface area contributed by atoms with Crippen molar-refractivity contribution in [3.8, 4) is 33.4 Å². The molecule has 202 valence electrons. The zero-order chi connectivity index (χ0) is 28.7. The van der Waals surface area contributed by atoms with Crippen molar-refractivity contribution in [3.05, 3.63) is 146 Å². The Hall–Kier alpha value is -4.98. The molecule has 1 aliphatic rings.